The summed E-state index contributed by atoms with van der Waals surface area (Å²) in [5, 5.41) is 8.46. The van der Waals surface area contributed by atoms with Crippen LogP contribution in [0.1, 0.15) is 35.1 Å². The van der Waals surface area contributed by atoms with Crippen LogP contribution in [-0.4, -0.2) is 0 Å². The molecule has 0 spiro atoms. The van der Waals surface area contributed by atoms with Crippen molar-refractivity contribution in [3.8, 4) is 6.07 Å². The maximum Gasteiger partial charge on any atom is 0.0621 e. The van der Waals surface area contributed by atoms with Crippen LogP contribution < -0.4 is 0 Å². The van der Waals surface area contributed by atoms with Crippen LogP contribution in [0.3, 0.4) is 0 Å². The molecule has 0 saturated carbocycles. The monoisotopic (exact) mass is 187 g/mol. The molecule has 1 heteroatoms. The van der Waals surface area contributed by atoms with Gasteiger partial charge in [-0.2, -0.15) is 5.26 Å². The molecule has 1 rings (SSSR count). The minimum atomic E-state index is 0.659. The van der Waals surface area contributed by atoms with Gasteiger partial charge in [0.05, 0.1) is 6.07 Å². The standard InChI is InChI=1S/C13H17N/c1-10-8-12(3)13(9-11(10)2)6-4-5-7-14/h8-9H,4-6H2,1-3H3. The van der Waals surface area contributed by atoms with Crippen molar-refractivity contribution < 1.29 is 0 Å². The highest BCUT2D eigenvalue weighted by Crippen LogP contribution is 2.17. The number of nitrogens with zero attached hydrogens (tertiary/aromatic N) is 1. The molecule has 1 aromatic carbocycles. The van der Waals surface area contributed by atoms with Gasteiger partial charge in [-0.15, -0.1) is 0 Å². The van der Waals surface area contributed by atoms with Gasteiger partial charge < -0.3 is 0 Å². The molecule has 74 valence electrons. The average molecular weight is 187 g/mol. The van der Waals surface area contributed by atoms with Crippen LogP contribution in [0.2, 0.25) is 0 Å². The smallest absolute Gasteiger partial charge is 0.0621 e. The predicted octanol–water partition coefficient (Wildman–Crippen LogP) is 3.46. The van der Waals surface area contributed by atoms with E-state index in [2.05, 4.69) is 39.0 Å². The van der Waals surface area contributed by atoms with Gasteiger partial charge >= 0.3 is 0 Å². The van der Waals surface area contributed by atoms with Crippen LogP contribution in [0.15, 0.2) is 12.1 Å². The fourth-order valence-electron chi connectivity index (χ4n) is 1.65. The van der Waals surface area contributed by atoms with Crippen LogP contribution in [0.25, 0.3) is 0 Å². The van der Waals surface area contributed by atoms with Gasteiger partial charge in [0, 0.05) is 6.42 Å². The van der Waals surface area contributed by atoms with E-state index >= 15 is 0 Å². The molecule has 0 atom stereocenters. The van der Waals surface area contributed by atoms with E-state index < -0.39 is 0 Å². The first-order chi connectivity index (χ1) is 6.65. The van der Waals surface area contributed by atoms with Gasteiger partial charge in [0.15, 0.2) is 0 Å². The van der Waals surface area contributed by atoms with Gasteiger partial charge in [-0.05, 0) is 55.9 Å². The highest BCUT2D eigenvalue weighted by atomic mass is 14.2. The molecule has 0 amide bonds. The lowest BCUT2D eigenvalue weighted by atomic mass is 9.97. The fraction of sp³-hybridized carbons (Fsp3) is 0.462. The Morgan fingerprint density at radius 3 is 2.36 bits per heavy atom. The second-order valence-electron chi connectivity index (χ2n) is 3.87. The minimum Gasteiger partial charge on any atom is -0.198 e. The fourth-order valence-corrected chi connectivity index (χ4v) is 1.65. The number of benzene rings is 1. The number of hydrogen-bond donors (Lipinski definition) is 0. The highest BCUT2D eigenvalue weighted by Gasteiger charge is 2.01. The molecule has 0 N–H and O–H groups in total. The summed E-state index contributed by atoms with van der Waals surface area (Å²) in [6.45, 7) is 6.43. The summed E-state index contributed by atoms with van der Waals surface area (Å²) in [4.78, 5) is 0. The molecular weight excluding hydrogens is 170 g/mol. The summed E-state index contributed by atoms with van der Waals surface area (Å²) in [5.41, 5.74) is 5.45. The number of nitriles is 1. The predicted molar refractivity (Wildman–Crippen MR) is 59.2 cm³/mol. The number of hydrogen-bond acceptors (Lipinski definition) is 1. The van der Waals surface area contributed by atoms with Crippen LogP contribution in [0, 0.1) is 32.1 Å². The molecule has 0 aliphatic heterocycles. The molecule has 0 saturated heterocycles. The van der Waals surface area contributed by atoms with Crippen molar-refractivity contribution in [2.75, 3.05) is 0 Å². The third-order valence-electron chi connectivity index (χ3n) is 2.69. The zero-order valence-corrected chi connectivity index (χ0v) is 9.22. The lowest BCUT2D eigenvalue weighted by Crippen LogP contribution is -1.93. The first-order valence-electron chi connectivity index (χ1n) is 5.09. The van der Waals surface area contributed by atoms with Crippen molar-refractivity contribution in [1.82, 2.24) is 0 Å². The number of rotatable bonds is 3. The zero-order valence-electron chi connectivity index (χ0n) is 9.22. The lowest BCUT2D eigenvalue weighted by Gasteiger charge is -2.08. The average Bonchev–Trinajstić information content (AvgIpc) is 2.14. The van der Waals surface area contributed by atoms with Crippen molar-refractivity contribution in [3.63, 3.8) is 0 Å². The van der Waals surface area contributed by atoms with Gasteiger partial charge in [0.2, 0.25) is 0 Å². The molecule has 0 unspecified atom stereocenters. The number of aryl methyl sites for hydroxylation is 4. The summed E-state index contributed by atoms with van der Waals surface area (Å²) < 4.78 is 0. The SMILES string of the molecule is Cc1cc(C)c(CCCC#N)cc1C. The second kappa shape index (κ2) is 4.81. The van der Waals surface area contributed by atoms with E-state index in [1.165, 1.54) is 22.3 Å². The van der Waals surface area contributed by atoms with Crippen molar-refractivity contribution >= 4 is 0 Å². The Morgan fingerprint density at radius 1 is 1.07 bits per heavy atom. The lowest BCUT2D eigenvalue weighted by molar-refractivity contribution is 0.843. The maximum absolute atomic E-state index is 8.46. The third kappa shape index (κ3) is 2.60. The van der Waals surface area contributed by atoms with Gasteiger partial charge in [-0.1, -0.05) is 12.1 Å². The molecule has 0 aliphatic carbocycles. The van der Waals surface area contributed by atoms with Gasteiger partial charge in [-0.3, -0.25) is 0 Å². The quantitative estimate of drug-likeness (QED) is 0.665. The minimum absolute atomic E-state index is 0.659. The van der Waals surface area contributed by atoms with E-state index in [-0.39, 0.29) is 0 Å². The van der Waals surface area contributed by atoms with E-state index in [0.717, 1.165) is 12.8 Å². The van der Waals surface area contributed by atoms with E-state index in [1.807, 2.05) is 0 Å². The normalized spacial score (nSPS) is 9.86. The van der Waals surface area contributed by atoms with E-state index in [4.69, 9.17) is 5.26 Å². The Hall–Kier alpha value is -1.29. The molecule has 0 aromatic heterocycles. The summed E-state index contributed by atoms with van der Waals surface area (Å²) in [6.07, 6.45) is 2.66. The van der Waals surface area contributed by atoms with Crippen LogP contribution in [0.4, 0.5) is 0 Å². The summed E-state index contributed by atoms with van der Waals surface area (Å²) >= 11 is 0. The molecule has 0 heterocycles. The molecule has 0 radical (unpaired) electrons. The molecule has 0 fully saturated rings. The van der Waals surface area contributed by atoms with E-state index in [1.54, 1.807) is 0 Å². The molecular formula is C13H17N. The number of unbranched alkanes of at least 4 members (excludes halogenated alkanes) is 1. The van der Waals surface area contributed by atoms with E-state index in [0.29, 0.717) is 6.42 Å². The molecule has 1 nitrogen and oxygen atoms in total. The second-order valence-corrected chi connectivity index (χ2v) is 3.87. The molecule has 1 aromatic rings. The van der Waals surface area contributed by atoms with Gasteiger partial charge in [0.25, 0.3) is 0 Å². The highest BCUT2D eigenvalue weighted by molar-refractivity contribution is 5.36. The Labute approximate surface area is 86.4 Å². The first-order valence-corrected chi connectivity index (χ1v) is 5.09. The van der Waals surface area contributed by atoms with Crippen LogP contribution in [-0.2, 0) is 6.42 Å². The summed E-state index contributed by atoms with van der Waals surface area (Å²) in [5.74, 6) is 0. The Balaban J connectivity index is 2.78. The summed E-state index contributed by atoms with van der Waals surface area (Å²) in [7, 11) is 0. The first kappa shape index (κ1) is 10.8. The largest absolute Gasteiger partial charge is 0.198 e. The molecule has 14 heavy (non-hydrogen) atoms. The summed E-state index contributed by atoms with van der Waals surface area (Å²) in [6, 6.07) is 6.67. The van der Waals surface area contributed by atoms with Crippen molar-refractivity contribution in [2.45, 2.75) is 40.0 Å². The van der Waals surface area contributed by atoms with Gasteiger partial charge in [-0.25, -0.2) is 0 Å². The van der Waals surface area contributed by atoms with Crippen LogP contribution >= 0.6 is 0 Å². The van der Waals surface area contributed by atoms with Crippen molar-refractivity contribution in [2.24, 2.45) is 0 Å². The molecule has 0 aliphatic rings. The molecule has 0 bridgehead atoms. The topological polar surface area (TPSA) is 23.8 Å². The third-order valence-corrected chi connectivity index (χ3v) is 2.69. The van der Waals surface area contributed by atoms with E-state index in [9.17, 15) is 0 Å². The van der Waals surface area contributed by atoms with Crippen molar-refractivity contribution in [1.29, 1.82) is 5.26 Å². The van der Waals surface area contributed by atoms with Crippen LogP contribution in [0.5, 0.6) is 0 Å². The Morgan fingerprint density at radius 2 is 1.71 bits per heavy atom. The Kier molecular flexibility index (Phi) is 3.71. The van der Waals surface area contributed by atoms with Crippen molar-refractivity contribution in [3.05, 3.63) is 34.4 Å². The zero-order chi connectivity index (χ0) is 10.6. The van der Waals surface area contributed by atoms with Gasteiger partial charge in [0.1, 0.15) is 0 Å². The Bertz CT molecular complexity index is 358. The maximum atomic E-state index is 8.46.